The topological polar surface area (TPSA) is 8.17 Å². The third kappa shape index (κ3) is 6.52. The third-order valence-electron chi connectivity index (χ3n) is 12.8. The van der Waals surface area contributed by atoms with Gasteiger partial charge in [0.25, 0.3) is 0 Å². The Morgan fingerprint density at radius 3 is 1.55 bits per heavy atom. The van der Waals surface area contributed by atoms with Gasteiger partial charge in [-0.2, -0.15) is 0 Å². The van der Waals surface area contributed by atoms with E-state index in [4.69, 9.17) is 0 Å². The Labute approximate surface area is 373 Å². The van der Waals surface area contributed by atoms with Crippen LogP contribution in [0.3, 0.4) is 0 Å². The predicted molar refractivity (Wildman–Crippen MR) is 272 cm³/mol. The summed E-state index contributed by atoms with van der Waals surface area (Å²) in [5.41, 5.74) is 16.4. The van der Waals surface area contributed by atoms with Crippen molar-refractivity contribution in [2.75, 3.05) is 4.90 Å². The lowest BCUT2D eigenvalue weighted by atomic mass is 9.96. The van der Waals surface area contributed by atoms with Gasteiger partial charge in [-0.15, -0.1) is 0 Å². The van der Waals surface area contributed by atoms with E-state index in [9.17, 15) is 0 Å². The summed E-state index contributed by atoms with van der Waals surface area (Å²) >= 11 is 0. The van der Waals surface area contributed by atoms with Gasteiger partial charge in [0.15, 0.2) is 0 Å². The number of nitrogens with zero attached hydrogens (tertiary/aromatic N) is 2. The van der Waals surface area contributed by atoms with Gasteiger partial charge >= 0.3 is 0 Å². The van der Waals surface area contributed by atoms with E-state index in [1.807, 2.05) is 0 Å². The fourth-order valence-corrected chi connectivity index (χ4v) is 9.74. The minimum atomic E-state index is 1.09. The van der Waals surface area contributed by atoms with E-state index in [1.54, 1.807) is 0 Å². The van der Waals surface area contributed by atoms with E-state index < -0.39 is 0 Å². The van der Waals surface area contributed by atoms with Crippen molar-refractivity contribution in [1.82, 2.24) is 4.57 Å². The summed E-state index contributed by atoms with van der Waals surface area (Å²) in [6, 6.07) is 92.7. The van der Waals surface area contributed by atoms with Crippen LogP contribution in [0.15, 0.2) is 255 Å². The molecule has 12 aromatic rings. The molecular formula is C62H42N2. The number of anilines is 3. The molecule has 0 N–H and O–H groups in total. The number of hydrogen-bond donors (Lipinski definition) is 0. The van der Waals surface area contributed by atoms with Crippen molar-refractivity contribution in [1.29, 1.82) is 0 Å². The quantitative estimate of drug-likeness (QED) is 0.139. The third-order valence-corrected chi connectivity index (χ3v) is 12.8. The first-order valence-electron chi connectivity index (χ1n) is 22.0. The van der Waals surface area contributed by atoms with Gasteiger partial charge in [0.05, 0.1) is 11.0 Å². The number of para-hydroxylation sites is 2. The van der Waals surface area contributed by atoms with Gasteiger partial charge in [-0.25, -0.2) is 0 Å². The molecule has 0 spiro atoms. The second-order valence-electron chi connectivity index (χ2n) is 16.5. The smallest absolute Gasteiger partial charge is 0.0619 e. The van der Waals surface area contributed by atoms with E-state index in [0.717, 1.165) is 28.3 Å². The summed E-state index contributed by atoms with van der Waals surface area (Å²) in [6.45, 7) is 0. The Morgan fingerprint density at radius 2 is 0.797 bits per heavy atom. The molecule has 0 saturated heterocycles. The maximum absolute atomic E-state index is 2.45. The molecule has 300 valence electrons. The summed E-state index contributed by atoms with van der Waals surface area (Å²) in [5.74, 6) is 0. The van der Waals surface area contributed by atoms with Crippen LogP contribution in [0.4, 0.5) is 17.1 Å². The standard InChI is InChI=1S/C62H42N2/c1-4-15-43(16-5-1)44-29-31-45(32-30-44)46-35-37-52(38-36-46)63(54-39-40-56-50(42-54)34-33-48-19-10-11-24-55(48)56)53-23-12-20-49(41-53)57-25-14-28-60-61(57)59-27-13-26-58(47-17-6-2-7-18-47)62(59)64(60)51-21-8-3-9-22-51/h1-42H. The number of aromatic nitrogens is 1. The van der Waals surface area contributed by atoms with Crippen molar-refractivity contribution in [3.63, 3.8) is 0 Å². The molecule has 2 nitrogen and oxygen atoms in total. The Hall–Kier alpha value is -8.46. The molecule has 1 aromatic heterocycles. The first-order valence-corrected chi connectivity index (χ1v) is 22.0. The van der Waals surface area contributed by atoms with Crippen LogP contribution < -0.4 is 4.90 Å². The fourth-order valence-electron chi connectivity index (χ4n) is 9.74. The molecule has 0 aliphatic rings. The van der Waals surface area contributed by atoms with Gasteiger partial charge in [-0.1, -0.05) is 200 Å². The highest BCUT2D eigenvalue weighted by molar-refractivity contribution is 6.19. The zero-order valence-corrected chi connectivity index (χ0v) is 35.1. The van der Waals surface area contributed by atoms with Crippen LogP contribution in [-0.2, 0) is 0 Å². The maximum atomic E-state index is 2.45. The van der Waals surface area contributed by atoms with Crippen LogP contribution in [0.2, 0.25) is 0 Å². The summed E-state index contributed by atoms with van der Waals surface area (Å²) in [4.78, 5) is 2.40. The second-order valence-corrected chi connectivity index (χ2v) is 16.5. The lowest BCUT2D eigenvalue weighted by molar-refractivity contribution is 1.18. The number of hydrogen-bond acceptors (Lipinski definition) is 1. The Morgan fingerprint density at radius 1 is 0.281 bits per heavy atom. The van der Waals surface area contributed by atoms with E-state index >= 15 is 0 Å². The first kappa shape index (κ1) is 37.3. The van der Waals surface area contributed by atoms with Crippen LogP contribution in [0.5, 0.6) is 0 Å². The van der Waals surface area contributed by atoms with Crippen LogP contribution in [0.1, 0.15) is 0 Å². The number of fused-ring (bicyclic) bond motifs is 6. The molecular weight excluding hydrogens is 773 g/mol. The molecule has 2 heteroatoms. The van der Waals surface area contributed by atoms with Crippen molar-refractivity contribution < 1.29 is 0 Å². The van der Waals surface area contributed by atoms with E-state index in [2.05, 4.69) is 264 Å². The molecule has 0 amide bonds. The van der Waals surface area contributed by atoms with Crippen molar-refractivity contribution in [3.8, 4) is 50.2 Å². The molecule has 0 unspecified atom stereocenters. The highest BCUT2D eigenvalue weighted by Gasteiger charge is 2.21. The maximum Gasteiger partial charge on any atom is 0.0619 e. The van der Waals surface area contributed by atoms with Crippen molar-refractivity contribution >= 4 is 60.4 Å². The van der Waals surface area contributed by atoms with E-state index in [0.29, 0.717) is 0 Å². The molecule has 1 heterocycles. The first-order chi connectivity index (χ1) is 31.7. The summed E-state index contributed by atoms with van der Waals surface area (Å²) in [6.07, 6.45) is 0. The van der Waals surface area contributed by atoms with Crippen molar-refractivity contribution in [2.45, 2.75) is 0 Å². The molecule has 0 aliphatic carbocycles. The van der Waals surface area contributed by atoms with E-state index in [-0.39, 0.29) is 0 Å². The van der Waals surface area contributed by atoms with Gasteiger partial charge in [-0.3, -0.25) is 0 Å². The summed E-state index contributed by atoms with van der Waals surface area (Å²) < 4.78 is 2.45. The minimum absolute atomic E-state index is 1.09. The van der Waals surface area contributed by atoms with Gasteiger partial charge in [0, 0.05) is 39.1 Å². The van der Waals surface area contributed by atoms with E-state index in [1.165, 1.54) is 82.3 Å². The number of benzene rings is 11. The molecule has 0 fully saturated rings. The average Bonchev–Trinajstić information content (AvgIpc) is 3.72. The fraction of sp³-hybridized carbons (Fsp3) is 0. The lowest BCUT2D eigenvalue weighted by Gasteiger charge is -2.27. The Bertz CT molecular complexity index is 3630. The zero-order valence-electron chi connectivity index (χ0n) is 35.1. The molecule has 0 radical (unpaired) electrons. The lowest BCUT2D eigenvalue weighted by Crippen LogP contribution is -2.10. The largest absolute Gasteiger partial charge is 0.310 e. The van der Waals surface area contributed by atoms with Gasteiger partial charge in [0.2, 0.25) is 0 Å². The van der Waals surface area contributed by atoms with Gasteiger partial charge < -0.3 is 9.47 Å². The van der Waals surface area contributed by atoms with Crippen molar-refractivity contribution in [3.05, 3.63) is 255 Å². The Kier molecular flexibility index (Phi) is 9.20. The Balaban J connectivity index is 1.02. The SMILES string of the molecule is c1ccc(-c2ccc(-c3ccc(N(c4cccc(-c5cccc6c5c5cccc(-c7ccccc7)c5n6-c5ccccc5)c4)c4ccc5c(ccc6ccccc65)c4)cc3)cc2)cc1. The highest BCUT2D eigenvalue weighted by atomic mass is 15.1. The number of rotatable bonds is 8. The molecule has 0 atom stereocenters. The monoisotopic (exact) mass is 814 g/mol. The van der Waals surface area contributed by atoms with Crippen LogP contribution in [0, 0.1) is 0 Å². The van der Waals surface area contributed by atoms with Gasteiger partial charge in [-0.05, 0) is 115 Å². The van der Waals surface area contributed by atoms with Crippen LogP contribution >= 0.6 is 0 Å². The minimum Gasteiger partial charge on any atom is -0.310 e. The summed E-state index contributed by atoms with van der Waals surface area (Å²) in [7, 11) is 0. The summed E-state index contributed by atoms with van der Waals surface area (Å²) in [5, 5.41) is 7.44. The van der Waals surface area contributed by atoms with Gasteiger partial charge in [0.1, 0.15) is 0 Å². The average molecular weight is 815 g/mol. The molecule has 0 saturated carbocycles. The molecule has 64 heavy (non-hydrogen) atoms. The molecule has 12 rings (SSSR count). The van der Waals surface area contributed by atoms with Crippen LogP contribution in [-0.4, -0.2) is 4.57 Å². The highest BCUT2D eigenvalue weighted by Crippen LogP contribution is 2.44. The molecule has 0 bridgehead atoms. The van der Waals surface area contributed by atoms with Crippen LogP contribution in [0.25, 0.3) is 93.5 Å². The normalized spacial score (nSPS) is 11.4. The van der Waals surface area contributed by atoms with Crippen molar-refractivity contribution in [2.24, 2.45) is 0 Å². The predicted octanol–water partition coefficient (Wildman–Crippen LogP) is 17.2. The molecule has 11 aromatic carbocycles. The second kappa shape index (κ2) is 15.8. The molecule has 0 aliphatic heterocycles. The zero-order chi connectivity index (χ0) is 42.4.